The lowest BCUT2D eigenvalue weighted by Gasteiger charge is -2.33. The van der Waals surface area contributed by atoms with Crippen LogP contribution in [0.2, 0.25) is 0 Å². The van der Waals surface area contributed by atoms with E-state index in [-0.39, 0.29) is 5.41 Å². The van der Waals surface area contributed by atoms with Crippen LogP contribution >= 0.6 is 0 Å². The Kier molecular flexibility index (Phi) is 2.84. The fourth-order valence-corrected chi connectivity index (χ4v) is 4.33. The molecule has 1 aliphatic carbocycles. The molecule has 1 aromatic carbocycles. The first-order valence-electron chi connectivity index (χ1n) is 7.86. The Morgan fingerprint density at radius 1 is 1.15 bits per heavy atom. The first kappa shape index (κ1) is 12.4. The average Bonchev–Trinajstić information content (AvgIpc) is 3.07. The van der Waals surface area contributed by atoms with Gasteiger partial charge in [-0.25, -0.2) is 0 Å². The molecule has 106 valence electrons. The van der Waals surface area contributed by atoms with Gasteiger partial charge in [-0.05, 0) is 49.8 Å². The number of nitrogens with zero attached hydrogens (tertiary/aromatic N) is 1. The van der Waals surface area contributed by atoms with E-state index in [4.69, 9.17) is 0 Å². The molecule has 0 radical (unpaired) electrons. The van der Waals surface area contributed by atoms with Crippen LogP contribution in [0.3, 0.4) is 0 Å². The SMILES string of the molecule is O=C1NCCCC12CCN(C1Cc3ccccc3C1)C2. The summed E-state index contributed by atoms with van der Waals surface area (Å²) in [6.45, 7) is 2.93. The van der Waals surface area contributed by atoms with Gasteiger partial charge in [0, 0.05) is 19.1 Å². The Hall–Kier alpha value is -1.35. The smallest absolute Gasteiger partial charge is 0.227 e. The summed E-state index contributed by atoms with van der Waals surface area (Å²) in [6.07, 6.45) is 5.59. The Labute approximate surface area is 120 Å². The van der Waals surface area contributed by atoms with Gasteiger partial charge in [-0.2, -0.15) is 0 Å². The summed E-state index contributed by atoms with van der Waals surface area (Å²) >= 11 is 0. The highest BCUT2D eigenvalue weighted by Crippen LogP contribution is 2.40. The number of hydrogen-bond donors (Lipinski definition) is 1. The van der Waals surface area contributed by atoms with Crippen LogP contribution in [-0.2, 0) is 17.6 Å². The van der Waals surface area contributed by atoms with E-state index in [1.807, 2.05) is 0 Å². The van der Waals surface area contributed by atoms with Gasteiger partial charge in [0.25, 0.3) is 0 Å². The van der Waals surface area contributed by atoms with Gasteiger partial charge in [0.05, 0.1) is 5.41 Å². The fraction of sp³-hybridized carbons (Fsp3) is 0.588. The van der Waals surface area contributed by atoms with Crippen LogP contribution in [0.5, 0.6) is 0 Å². The zero-order valence-corrected chi connectivity index (χ0v) is 11.9. The van der Waals surface area contributed by atoms with Crippen molar-refractivity contribution in [1.82, 2.24) is 10.2 Å². The summed E-state index contributed by atoms with van der Waals surface area (Å²) in [5.74, 6) is 0.307. The molecule has 0 bridgehead atoms. The number of likely N-dealkylation sites (tertiary alicyclic amines) is 1. The van der Waals surface area contributed by atoms with Crippen molar-refractivity contribution in [2.45, 2.75) is 38.1 Å². The Balaban J connectivity index is 1.49. The van der Waals surface area contributed by atoms with Crippen LogP contribution in [0, 0.1) is 5.41 Å². The highest BCUT2D eigenvalue weighted by Gasteiger charge is 2.47. The number of benzene rings is 1. The third-order valence-electron chi connectivity index (χ3n) is 5.53. The molecule has 1 N–H and O–H groups in total. The molecule has 3 nitrogen and oxygen atoms in total. The third kappa shape index (κ3) is 1.87. The number of hydrogen-bond acceptors (Lipinski definition) is 2. The van der Waals surface area contributed by atoms with Gasteiger partial charge in [0.1, 0.15) is 0 Å². The minimum absolute atomic E-state index is 0.0764. The largest absolute Gasteiger partial charge is 0.356 e. The molecule has 1 aromatic rings. The number of carbonyl (C=O) groups excluding carboxylic acids is 1. The monoisotopic (exact) mass is 270 g/mol. The third-order valence-corrected chi connectivity index (χ3v) is 5.53. The van der Waals surface area contributed by atoms with Gasteiger partial charge in [-0.1, -0.05) is 24.3 Å². The summed E-state index contributed by atoms with van der Waals surface area (Å²) in [4.78, 5) is 14.8. The van der Waals surface area contributed by atoms with Crippen LogP contribution in [0.1, 0.15) is 30.4 Å². The maximum absolute atomic E-state index is 12.3. The second-order valence-corrected chi connectivity index (χ2v) is 6.69. The zero-order valence-electron chi connectivity index (χ0n) is 11.9. The van der Waals surface area contributed by atoms with E-state index in [0.717, 1.165) is 51.7 Å². The molecule has 3 heteroatoms. The molecule has 2 aliphatic heterocycles. The topological polar surface area (TPSA) is 32.3 Å². The molecule has 3 aliphatic rings. The second kappa shape index (κ2) is 4.59. The predicted molar refractivity (Wildman–Crippen MR) is 78.5 cm³/mol. The quantitative estimate of drug-likeness (QED) is 0.843. The molecule has 1 unspecified atom stereocenters. The van der Waals surface area contributed by atoms with Crippen LogP contribution in [-0.4, -0.2) is 36.5 Å². The van der Waals surface area contributed by atoms with Crippen LogP contribution in [0.15, 0.2) is 24.3 Å². The van der Waals surface area contributed by atoms with Crippen molar-refractivity contribution in [2.75, 3.05) is 19.6 Å². The summed E-state index contributed by atoms with van der Waals surface area (Å²) in [6, 6.07) is 9.41. The molecule has 2 heterocycles. The maximum Gasteiger partial charge on any atom is 0.227 e. The fourth-order valence-electron chi connectivity index (χ4n) is 4.33. The predicted octanol–water partition coefficient (Wildman–Crippen LogP) is 1.76. The van der Waals surface area contributed by atoms with E-state index in [0.29, 0.717) is 11.9 Å². The van der Waals surface area contributed by atoms with Gasteiger partial charge < -0.3 is 5.32 Å². The summed E-state index contributed by atoms with van der Waals surface area (Å²) in [5, 5.41) is 3.08. The normalized spacial score (nSPS) is 30.7. The van der Waals surface area contributed by atoms with Crippen LogP contribution < -0.4 is 5.32 Å². The summed E-state index contributed by atoms with van der Waals surface area (Å²) < 4.78 is 0. The maximum atomic E-state index is 12.3. The number of fused-ring (bicyclic) bond motifs is 1. The summed E-state index contributed by atoms with van der Waals surface area (Å²) in [7, 11) is 0. The molecule has 20 heavy (non-hydrogen) atoms. The van der Waals surface area contributed by atoms with E-state index in [9.17, 15) is 4.79 Å². The van der Waals surface area contributed by atoms with E-state index in [2.05, 4.69) is 34.5 Å². The minimum atomic E-state index is -0.0764. The zero-order chi connectivity index (χ0) is 13.6. The molecule has 0 aromatic heterocycles. The van der Waals surface area contributed by atoms with E-state index in [1.54, 1.807) is 0 Å². The molecule has 1 atom stereocenters. The van der Waals surface area contributed by atoms with E-state index < -0.39 is 0 Å². The van der Waals surface area contributed by atoms with Crippen molar-refractivity contribution in [1.29, 1.82) is 0 Å². The summed E-state index contributed by atoms with van der Waals surface area (Å²) in [5.41, 5.74) is 2.94. The molecule has 2 saturated heterocycles. The van der Waals surface area contributed by atoms with Crippen LogP contribution in [0.25, 0.3) is 0 Å². The van der Waals surface area contributed by atoms with Crippen molar-refractivity contribution in [3.8, 4) is 0 Å². The minimum Gasteiger partial charge on any atom is -0.356 e. The lowest BCUT2D eigenvalue weighted by atomic mass is 9.79. The second-order valence-electron chi connectivity index (χ2n) is 6.69. The van der Waals surface area contributed by atoms with Gasteiger partial charge in [0.2, 0.25) is 5.91 Å². The molecular formula is C17H22N2O. The Bertz CT molecular complexity index is 517. The van der Waals surface area contributed by atoms with Gasteiger partial charge in [-0.15, -0.1) is 0 Å². The van der Waals surface area contributed by atoms with Gasteiger partial charge >= 0.3 is 0 Å². The van der Waals surface area contributed by atoms with Gasteiger partial charge in [0.15, 0.2) is 0 Å². The number of amides is 1. The van der Waals surface area contributed by atoms with Crippen molar-refractivity contribution < 1.29 is 4.79 Å². The first-order chi connectivity index (χ1) is 9.77. The van der Waals surface area contributed by atoms with Crippen molar-refractivity contribution in [3.63, 3.8) is 0 Å². The molecule has 4 rings (SSSR count). The number of rotatable bonds is 1. The lowest BCUT2D eigenvalue weighted by molar-refractivity contribution is -0.132. The molecule has 0 saturated carbocycles. The van der Waals surface area contributed by atoms with Crippen LogP contribution in [0.4, 0.5) is 0 Å². The number of piperidine rings is 1. The van der Waals surface area contributed by atoms with Crippen molar-refractivity contribution in [2.24, 2.45) is 5.41 Å². The first-order valence-corrected chi connectivity index (χ1v) is 7.86. The van der Waals surface area contributed by atoms with Gasteiger partial charge in [-0.3, -0.25) is 9.69 Å². The molecular weight excluding hydrogens is 248 g/mol. The standard InChI is InChI=1S/C17H22N2O/c20-16-17(6-3-8-18-16)7-9-19(12-17)15-10-13-4-1-2-5-14(13)11-15/h1-2,4-5,15H,3,6-12H2,(H,18,20). The van der Waals surface area contributed by atoms with Crippen molar-refractivity contribution in [3.05, 3.63) is 35.4 Å². The Morgan fingerprint density at radius 2 is 1.90 bits per heavy atom. The Morgan fingerprint density at radius 3 is 2.60 bits per heavy atom. The van der Waals surface area contributed by atoms with E-state index in [1.165, 1.54) is 11.1 Å². The molecule has 1 spiro atoms. The molecule has 2 fully saturated rings. The molecule has 1 amide bonds. The van der Waals surface area contributed by atoms with E-state index >= 15 is 0 Å². The van der Waals surface area contributed by atoms with Crippen molar-refractivity contribution >= 4 is 5.91 Å². The lowest BCUT2D eigenvalue weighted by Crippen LogP contribution is -2.48. The highest BCUT2D eigenvalue weighted by molar-refractivity contribution is 5.84. The number of nitrogens with one attached hydrogen (secondary N) is 1. The average molecular weight is 270 g/mol. The highest BCUT2D eigenvalue weighted by atomic mass is 16.2. The number of carbonyl (C=O) groups is 1.